The summed E-state index contributed by atoms with van der Waals surface area (Å²) in [6, 6.07) is 1.77. The van der Waals surface area contributed by atoms with Crippen molar-refractivity contribution in [3.05, 3.63) is 48.9 Å². The van der Waals surface area contributed by atoms with Crippen LogP contribution in [-0.4, -0.2) is 36.6 Å². The summed E-state index contributed by atoms with van der Waals surface area (Å²) in [5.41, 5.74) is 0.727. The number of rotatable bonds is 4. The van der Waals surface area contributed by atoms with E-state index < -0.39 is 0 Å². The Balaban J connectivity index is 1.95. The number of ether oxygens (including phenoxy) is 1. The fourth-order valence-electron chi connectivity index (χ4n) is 1.85. The molecule has 3 aromatic heterocycles. The van der Waals surface area contributed by atoms with Gasteiger partial charge in [0.2, 0.25) is 5.88 Å². The minimum atomic E-state index is 0.491. The third kappa shape index (κ3) is 2.33. The van der Waals surface area contributed by atoms with Crippen molar-refractivity contribution in [3.63, 3.8) is 0 Å². The van der Waals surface area contributed by atoms with Crippen LogP contribution in [0.25, 0.3) is 11.6 Å². The Morgan fingerprint density at radius 3 is 2.55 bits per heavy atom. The molecule has 3 aromatic rings. The fourth-order valence-corrected chi connectivity index (χ4v) is 1.85. The van der Waals surface area contributed by atoms with E-state index in [4.69, 9.17) is 4.74 Å². The maximum absolute atomic E-state index is 5.20. The van der Waals surface area contributed by atoms with Gasteiger partial charge < -0.3 is 9.30 Å². The SMILES string of the molecule is COc1nccnc1Cn1ccnc1-c1ncccn1. The molecular weight excluding hydrogens is 256 g/mol. The van der Waals surface area contributed by atoms with Crippen molar-refractivity contribution in [2.75, 3.05) is 7.11 Å². The predicted molar refractivity (Wildman–Crippen MR) is 70.9 cm³/mol. The molecule has 0 saturated carbocycles. The Morgan fingerprint density at radius 2 is 1.75 bits per heavy atom. The van der Waals surface area contributed by atoms with E-state index >= 15 is 0 Å². The standard InChI is InChI=1S/C13H12N6O/c1-20-13-10(14-5-6-18-13)9-19-8-7-17-12(19)11-15-3-2-4-16-11/h2-8H,9H2,1H3. The first-order valence-electron chi connectivity index (χ1n) is 6.01. The zero-order valence-electron chi connectivity index (χ0n) is 10.8. The summed E-state index contributed by atoms with van der Waals surface area (Å²) < 4.78 is 7.11. The van der Waals surface area contributed by atoms with Crippen LogP contribution in [0.2, 0.25) is 0 Å². The van der Waals surface area contributed by atoms with Crippen LogP contribution in [0.15, 0.2) is 43.2 Å². The van der Waals surface area contributed by atoms with Crippen molar-refractivity contribution in [2.45, 2.75) is 6.54 Å². The summed E-state index contributed by atoms with van der Waals surface area (Å²) in [4.78, 5) is 21.1. The number of aromatic nitrogens is 6. The van der Waals surface area contributed by atoms with Gasteiger partial charge in [0, 0.05) is 37.2 Å². The van der Waals surface area contributed by atoms with E-state index in [0.29, 0.717) is 24.1 Å². The molecule has 0 saturated heterocycles. The molecule has 0 unspecified atom stereocenters. The molecule has 0 N–H and O–H groups in total. The lowest BCUT2D eigenvalue weighted by Crippen LogP contribution is -2.07. The summed E-state index contributed by atoms with van der Waals surface area (Å²) in [7, 11) is 1.57. The van der Waals surface area contributed by atoms with Crippen LogP contribution in [0.1, 0.15) is 5.69 Å². The third-order valence-electron chi connectivity index (χ3n) is 2.73. The topological polar surface area (TPSA) is 78.6 Å². The highest BCUT2D eigenvalue weighted by atomic mass is 16.5. The molecule has 0 bridgehead atoms. The summed E-state index contributed by atoms with van der Waals surface area (Å²) in [5.74, 6) is 1.75. The summed E-state index contributed by atoms with van der Waals surface area (Å²) in [6.45, 7) is 0.491. The van der Waals surface area contributed by atoms with Crippen LogP contribution in [0, 0.1) is 0 Å². The van der Waals surface area contributed by atoms with Crippen LogP contribution in [0.3, 0.4) is 0 Å². The first-order chi connectivity index (χ1) is 9.88. The average molecular weight is 268 g/mol. The minimum Gasteiger partial charge on any atom is -0.480 e. The molecule has 7 heteroatoms. The van der Waals surface area contributed by atoms with Crippen molar-refractivity contribution in [1.29, 1.82) is 0 Å². The largest absolute Gasteiger partial charge is 0.480 e. The highest BCUT2D eigenvalue weighted by molar-refractivity contribution is 5.43. The second-order valence-corrected chi connectivity index (χ2v) is 3.96. The van der Waals surface area contributed by atoms with Crippen molar-refractivity contribution in [3.8, 4) is 17.5 Å². The molecule has 20 heavy (non-hydrogen) atoms. The molecule has 0 aliphatic carbocycles. The second-order valence-electron chi connectivity index (χ2n) is 3.96. The lowest BCUT2D eigenvalue weighted by atomic mass is 10.4. The lowest BCUT2D eigenvalue weighted by Gasteiger charge is -2.08. The zero-order chi connectivity index (χ0) is 13.8. The smallest absolute Gasteiger partial charge is 0.237 e. The Hall–Kier alpha value is -2.83. The third-order valence-corrected chi connectivity index (χ3v) is 2.73. The summed E-state index contributed by atoms with van der Waals surface area (Å²) in [5, 5.41) is 0. The molecule has 100 valence electrons. The Morgan fingerprint density at radius 1 is 0.950 bits per heavy atom. The van der Waals surface area contributed by atoms with Gasteiger partial charge >= 0.3 is 0 Å². The van der Waals surface area contributed by atoms with Crippen LogP contribution >= 0.6 is 0 Å². The van der Waals surface area contributed by atoms with Crippen LogP contribution < -0.4 is 4.74 Å². The van der Waals surface area contributed by atoms with Gasteiger partial charge in [-0.1, -0.05) is 0 Å². The van der Waals surface area contributed by atoms with Gasteiger partial charge in [-0.25, -0.2) is 19.9 Å². The van der Waals surface area contributed by atoms with Gasteiger partial charge in [0.1, 0.15) is 5.69 Å². The van der Waals surface area contributed by atoms with Gasteiger partial charge in [-0.15, -0.1) is 0 Å². The molecule has 3 heterocycles. The Labute approximate surface area is 115 Å². The quantitative estimate of drug-likeness (QED) is 0.707. The van der Waals surface area contributed by atoms with E-state index in [1.165, 1.54) is 0 Å². The normalized spacial score (nSPS) is 10.4. The van der Waals surface area contributed by atoms with Crippen LogP contribution in [0.5, 0.6) is 5.88 Å². The van der Waals surface area contributed by atoms with Crippen molar-refractivity contribution in [1.82, 2.24) is 29.5 Å². The maximum atomic E-state index is 5.20. The highest BCUT2D eigenvalue weighted by Crippen LogP contribution is 2.17. The summed E-state index contributed by atoms with van der Waals surface area (Å²) >= 11 is 0. The van der Waals surface area contributed by atoms with Gasteiger partial charge in [0.15, 0.2) is 11.6 Å². The molecule has 0 aromatic carbocycles. The van der Waals surface area contributed by atoms with Crippen LogP contribution in [-0.2, 0) is 6.54 Å². The van der Waals surface area contributed by atoms with Gasteiger partial charge in [0.25, 0.3) is 0 Å². The molecular formula is C13H12N6O. The molecule has 0 aliphatic heterocycles. The van der Waals surface area contributed by atoms with E-state index in [1.807, 2.05) is 10.8 Å². The van der Waals surface area contributed by atoms with Gasteiger partial charge in [-0.3, -0.25) is 4.98 Å². The summed E-state index contributed by atoms with van der Waals surface area (Å²) in [6.07, 6.45) is 10.1. The van der Waals surface area contributed by atoms with Crippen LogP contribution in [0.4, 0.5) is 0 Å². The van der Waals surface area contributed by atoms with Gasteiger partial charge in [-0.05, 0) is 6.07 Å². The molecule has 7 nitrogen and oxygen atoms in total. The zero-order valence-corrected chi connectivity index (χ0v) is 10.8. The number of hydrogen-bond donors (Lipinski definition) is 0. The molecule has 0 spiro atoms. The second kappa shape index (κ2) is 5.43. The lowest BCUT2D eigenvalue weighted by molar-refractivity contribution is 0.387. The van der Waals surface area contributed by atoms with E-state index in [-0.39, 0.29) is 0 Å². The molecule has 3 rings (SSSR count). The molecule has 0 fully saturated rings. The highest BCUT2D eigenvalue weighted by Gasteiger charge is 2.12. The number of hydrogen-bond acceptors (Lipinski definition) is 6. The first kappa shape index (κ1) is 12.2. The van der Waals surface area contributed by atoms with Crippen molar-refractivity contribution in [2.24, 2.45) is 0 Å². The first-order valence-corrected chi connectivity index (χ1v) is 6.01. The fraction of sp³-hybridized carbons (Fsp3) is 0.154. The average Bonchev–Trinajstić information content (AvgIpc) is 2.97. The molecule has 0 aliphatic rings. The van der Waals surface area contributed by atoms with Gasteiger partial charge in [0.05, 0.1) is 13.7 Å². The monoisotopic (exact) mass is 268 g/mol. The van der Waals surface area contributed by atoms with Crippen molar-refractivity contribution < 1.29 is 4.74 Å². The predicted octanol–water partition coefficient (Wildman–Crippen LogP) is 1.19. The number of methoxy groups -OCH3 is 1. The van der Waals surface area contributed by atoms with E-state index in [9.17, 15) is 0 Å². The number of imidazole rings is 1. The minimum absolute atomic E-state index is 0.491. The maximum Gasteiger partial charge on any atom is 0.237 e. The Kier molecular flexibility index (Phi) is 3.32. The van der Waals surface area contributed by atoms with E-state index in [1.54, 1.807) is 44.2 Å². The number of nitrogens with zero attached hydrogens (tertiary/aromatic N) is 6. The molecule has 0 radical (unpaired) electrons. The van der Waals surface area contributed by atoms with E-state index in [0.717, 1.165) is 5.69 Å². The van der Waals surface area contributed by atoms with Crippen molar-refractivity contribution >= 4 is 0 Å². The van der Waals surface area contributed by atoms with E-state index in [2.05, 4.69) is 24.9 Å². The van der Waals surface area contributed by atoms with Gasteiger partial charge in [-0.2, -0.15) is 0 Å². The molecule has 0 amide bonds. The molecule has 0 atom stereocenters. The Bertz CT molecular complexity index is 697.